The number of likely N-dealkylation sites (tertiary alicyclic amines) is 2. The number of rotatable bonds is 6. The Morgan fingerprint density at radius 2 is 2.03 bits per heavy atom. The molecule has 3 heterocycles. The highest BCUT2D eigenvalue weighted by molar-refractivity contribution is 6.39. The van der Waals surface area contributed by atoms with Crippen LogP contribution in [0.2, 0.25) is 0 Å². The number of anilines is 2. The van der Waals surface area contributed by atoms with Crippen LogP contribution in [0, 0.1) is 5.92 Å². The molecule has 3 atom stereocenters. The van der Waals surface area contributed by atoms with Gasteiger partial charge >= 0.3 is 11.8 Å². The van der Waals surface area contributed by atoms with Gasteiger partial charge in [0.2, 0.25) is 0 Å². The molecule has 0 aliphatic carbocycles. The number of nitrogens with two attached hydrogens (primary N) is 1. The molecule has 2 aromatic rings. The normalized spacial score (nSPS) is 22.8. The number of carbonyl (C=O) groups is 2. The van der Waals surface area contributed by atoms with Crippen molar-refractivity contribution < 1.29 is 9.59 Å². The van der Waals surface area contributed by atoms with E-state index in [1.54, 1.807) is 11.0 Å². The molecule has 0 radical (unpaired) electrons. The van der Waals surface area contributed by atoms with Gasteiger partial charge in [-0.3, -0.25) is 9.59 Å². The highest BCUT2D eigenvalue weighted by Gasteiger charge is 2.34. The summed E-state index contributed by atoms with van der Waals surface area (Å²) in [5.74, 6) is -0.317. The average Bonchev–Trinajstić information content (AvgIpc) is 3.28. The van der Waals surface area contributed by atoms with Gasteiger partial charge in [0.1, 0.15) is 5.82 Å². The zero-order valence-electron chi connectivity index (χ0n) is 21.3. The monoisotopic (exact) mass is 477 g/mol. The van der Waals surface area contributed by atoms with Gasteiger partial charge in [-0.25, -0.2) is 4.98 Å². The van der Waals surface area contributed by atoms with E-state index in [1.165, 1.54) is 31.1 Å². The number of pyridine rings is 1. The number of amides is 2. The Hall–Kier alpha value is -2.93. The van der Waals surface area contributed by atoms with Crippen LogP contribution in [0.4, 0.5) is 11.5 Å². The highest BCUT2D eigenvalue weighted by Crippen LogP contribution is 2.34. The topological polar surface area (TPSA) is 91.6 Å². The molecule has 4 rings (SSSR count). The van der Waals surface area contributed by atoms with E-state index in [4.69, 9.17) is 5.73 Å². The maximum absolute atomic E-state index is 13.3. The summed E-state index contributed by atoms with van der Waals surface area (Å²) in [5, 5.41) is 2.74. The van der Waals surface area contributed by atoms with Gasteiger partial charge in [0.15, 0.2) is 0 Å². The Bertz CT molecular complexity index is 1060. The lowest BCUT2D eigenvalue weighted by Crippen LogP contribution is -2.46. The van der Waals surface area contributed by atoms with Crippen LogP contribution < -0.4 is 11.1 Å². The minimum Gasteiger partial charge on any atom is -0.383 e. The summed E-state index contributed by atoms with van der Waals surface area (Å²) in [6.07, 6.45) is 8.85. The molecule has 3 N–H and O–H groups in total. The molecule has 0 spiro atoms. The Labute approximate surface area is 209 Å². The lowest BCUT2D eigenvalue weighted by molar-refractivity contribution is -0.146. The fraction of sp³-hybridized carbons (Fsp3) is 0.536. The quantitative estimate of drug-likeness (QED) is 0.609. The Balaban J connectivity index is 1.47. The molecule has 0 unspecified atom stereocenters. The van der Waals surface area contributed by atoms with Gasteiger partial charge in [-0.15, -0.1) is 0 Å². The predicted octanol–water partition coefficient (Wildman–Crippen LogP) is 4.19. The Morgan fingerprint density at radius 3 is 2.77 bits per heavy atom. The van der Waals surface area contributed by atoms with E-state index in [9.17, 15) is 9.59 Å². The van der Waals surface area contributed by atoms with Gasteiger partial charge in [-0.1, -0.05) is 38.1 Å². The smallest absolute Gasteiger partial charge is 0.313 e. The van der Waals surface area contributed by atoms with Crippen LogP contribution in [0.5, 0.6) is 0 Å². The highest BCUT2D eigenvalue weighted by atomic mass is 16.2. The zero-order valence-corrected chi connectivity index (χ0v) is 21.3. The SMILES string of the molecule is CCc1cc(NC(=O)C(=O)N2C[C@@H](C)CC[C@@H]2c2cccc(CC[C@@H]3CCCN3C)c2)cnc1N. The summed E-state index contributed by atoms with van der Waals surface area (Å²) in [4.78, 5) is 34.7. The lowest BCUT2D eigenvalue weighted by atomic mass is 9.88. The molecule has 0 saturated carbocycles. The Morgan fingerprint density at radius 1 is 1.20 bits per heavy atom. The summed E-state index contributed by atoms with van der Waals surface area (Å²) in [7, 11) is 2.22. The molecule has 7 heteroatoms. The molecule has 1 aromatic carbocycles. The number of aromatic nitrogens is 1. The fourth-order valence-corrected chi connectivity index (χ4v) is 5.54. The number of hydrogen-bond donors (Lipinski definition) is 2. The summed E-state index contributed by atoms with van der Waals surface area (Å²) in [5.41, 5.74) is 9.65. The maximum Gasteiger partial charge on any atom is 0.313 e. The van der Waals surface area contributed by atoms with Crippen molar-refractivity contribution >= 4 is 23.3 Å². The van der Waals surface area contributed by atoms with E-state index in [0.29, 0.717) is 36.4 Å². The van der Waals surface area contributed by atoms with Crippen molar-refractivity contribution in [3.05, 3.63) is 53.2 Å². The van der Waals surface area contributed by atoms with Crippen molar-refractivity contribution in [2.45, 2.75) is 70.9 Å². The molecule has 7 nitrogen and oxygen atoms in total. The number of carbonyl (C=O) groups excluding carboxylic acids is 2. The molecule has 2 fully saturated rings. The van der Waals surface area contributed by atoms with Gasteiger partial charge in [-0.05, 0) is 87.2 Å². The fourth-order valence-electron chi connectivity index (χ4n) is 5.54. The summed E-state index contributed by atoms with van der Waals surface area (Å²) in [6.45, 7) is 5.88. The minimum atomic E-state index is -0.627. The molecule has 35 heavy (non-hydrogen) atoms. The first-order valence-electron chi connectivity index (χ1n) is 13.0. The third kappa shape index (κ3) is 6.01. The van der Waals surface area contributed by atoms with E-state index in [2.05, 4.69) is 53.4 Å². The second kappa shape index (κ2) is 11.2. The second-order valence-corrected chi connectivity index (χ2v) is 10.3. The number of benzene rings is 1. The van der Waals surface area contributed by atoms with E-state index in [1.807, 2.05) is 6.92 Å². The first-order chi connectivity index (χ1) is 16.9. The Kier molecular flexibility index (Phi) is 8.06. The van der Waals surface area contributed by atoms with E-state index >= 15 is 0 Å². The maximum atomic E-state index is 13.3. The number of hydrogen-bond acceptors (Lipinski definition) is 5. The van der Waals surface area contributed by atoms with E-state index in [-0.39, 0.29) is 6.04 Å². The summed E-state index contributed by atoms with van der Waals surface area (Å²) in [6, 6.07) is 11.0. The van der Waals surface area contributed by atoms with E-state index in [0.717, 1.165) is 36.8 Å². The van der Waals surface area contributed by atoms with Gasteiger partial charge in [-0.2, -0.15) is 0 Å². The van der Waals surface area contributed by atoms with Gasteiger partial charge in [0, 0.05) is 12.6 Å². The van der Waals surface area contributed by atoms with Gasteiger partial charge in [0.05, 0.1) is 17.9 Å². The first-order valence-corrected chi connectivity index (χ1v) is 13.0. The lowest BCUT2D eigenvalue weighted by Gasteiger charge is -2.38. The van der Waals surface area contributed by atoms with E-state index < -0.39 is 11.8 Å². The number of nitrogens with zero attached hydrogens (tertiary/aromatic N) is 3. The molecule has 2 aliphatic heterocycles. The number of piperidine rings is 1. The van der Waals surface area contributed by atoms with Crippen LogP contribution in [-0.2, 0) is 22.4 Å². The molecule has 2 amide bonds. The van der Waals surface area contributed by atoms with Crippen LogP contribution in [0.25, 0.3) is 0 Å². The van der Waals surface area contributed by atoms with Crippen molar-refractivity contribution in [1.82, 2.24) is 14.8 Å². The molecule has 188 valence electrons. The molecular formula is C28H39N5O2. The summed E-state index contributed by atoms with van der Waals surface area (Å²) < 4.78 is 0. The van der Waals surface area contributed by atoms with Crippen LogP contribution in [0.3, 0.4) is 0 Å². The third-order valence-corrected chi connectivity index (χ3v) is 7.69. The van der Waals surface area contributed by atoms with Crippen LogP contribution in [0.1, 0.15) is 68.7 Å². The zero-order chi connectivity index (χ0) is 24.9. The van der Waals surface area contributed by atoms with Crippen molar-refractivity contribution in [1.29, 1.82) is 0 Å². The minimum absolute atomic E-state index is 0.0886. The molecule has 1 aromatic heterocycles. The first kappa shape index (κ1) is 25.2. The van der Waals surface area contributed by atoms with Crippen molar-refractivity contribution in [3.63, 3.8) is 0 Å². The predicted molar refractivity (Wildman–Crippen MR) is 140 cm³/mol. The van der Waals surface area contributed by atoms with Crippen LogP contribution in [0.15, 0.2) is 36.5 Å². The van der Waals surface area contributed by atoms with Crippen molar-refractivity contribution in [2.75, 3.05) is 31.2 Å². The second-order valence-electron chi connectivity index (χ2n) is 10.3. The molecular weight excluding hydrogens is 438 g/mol. The standard InChI is InChI=1S/C28H39N5O2/c1-4-21-16-23(17-30-26(21)29)31-27(34)28(35)33-18-19(2)10-13-25(33)22-8-5-7-20(15-22)11-12-24-9-6-14-32(24)3/h5,7-8,15-17,19,24-25H,4,6,9-14,18H2,1-3H3,(H2,29,30)(H,31,34)/t19-,24-,25+/m0/s1. The van der Waals surface area contributed by atoms with Gasteiger partial charge < -0.3 is 20.9 Å². The number of aryl methyl sites for hydroxylation is 2. The molecule has 0 bridgehead atoms. The number of nitrogens with one attached hydrogen (secondary N) is 1. The summed E-state index contributed by atoms with van der Waals surface area (Å²) >= 11 is 0. The third-order valence-electron chi connectivity index (χ3n) is 7.69. The van der Waals surface area contributed by atoms with Crippen LogP contribution >= 0.6 is 0 Å². The number of nitrogen functional groups attached to an aromatic ring is 1. The molecule has 2 saturated heterocycles. The van der Waals surface area contributed by atoms with Crippen molar-refractivity contribution in [3.8, 4) is 0 Å². The van der Waals surface area contributed by atoms with Crippen molar-refractivity contribution in [2.24, 2.45) is 5.92 Å². The largest absolute Gasteiger partial charge is 0.383 e. The molecule has 2 aliphatic rings. The average molecular weight is 478 g/mol. The van der Waals surface area contributed by atoms with Gasteiger partial charge in [0.25, 0.3) is 0 Å². The van der Waals surface area contributed by atoms with Crippen LogP contribution in [-0.4, -0.2) is 52.8 Å².